The van der Waals surface area contributed by atoms with Gasteiger partial charge in [0, 0.05) is 12.2 Å². The second-order valence-corrected chi connectivity index (χ2v) is 2.10. The zero-order valence-corrected chi connectivity index (χ0v) is 7.78. The fourth-order valence-corrected chi connectivity index (χ4v) is 0.234. The van der Waals surface area contributed by atoms with E-state index in [4.69, 9.17) is 20.4 Å². The molecule has 0 fully saturated rings. The van der Waals surface area contributed by atoms with Gasteiger partial charge in [0.2, 0.25) is 0 Å². The van der Waals surface area contributed by atoms with E-state index in [1.54, 1.807) is 0 Å². The van der Waals surface area contributed by atoms with E-state index >= 15 is 0 Å². The summed E-state index contributed by atoms with van der Waals surface area (Å²) in [5, 5.41) is 31.4. The number of hydrogen-bond acceptors (Lipinski definition) is 4. The molecule has 16 heavy (non-hydrogen) atoms. The zero-order valence-electron chi connectivity index (χ0n) is 7.78. The highest BCUT2D eigenvalue weighted by molar-refractivity contribution is 6.11. The van der Waals surface area contributed by atoms with Crippen LogP contribution in [0.1, 0.15) is 0 Å². The van der Waals surface area contributed by atoms with Gasteiger partial charge in [0.1, 0.15) is 5.57 Å². The van der Waals surface area contributed by atoms with Crippen LogP contribution in [0.3, 0.4) is 0 Å². The van der Waals surface area contributed by atoms with Gasteiger partial charge >= 0.3 is 23.9 Å². The molecule has 0 heterocycles. The van der Waals surface area contributed by atoms with Gasteiger partial charge in [-0.3, -0.25) is 0 Å². The third-order valence-corrected chi connectivity index (χ3v) is 0.885. The fourth-order valence-electron chi connectivity index (χ4n) is 0.234. The lowest BCUT2D eigenvalue weighted by Crippen LogP contribution is -2.08. The average Bonchev–Trinajstić information content (AvgIpc) is 2.14. The summed E-state index contributed by atoms with van der Waals surface area (Å²) in [4.78, 5) is 38.4. The fraction of sp³-hybridized carbons (Fsp3) is 0. The molecule has 0 atom stereocenters. The quantitative estimate of drug-likeness (QED) is 0.285. The van der Waals surface area contributed by atoms with Crippen molar-refractivity contribution in [1.29, 1.82) is 0 Å². The van der Waals surface area contributed by atoms with Crippen LogP contribution in [0.4, 0.5) is 0 Å². The maximum Gasteiger partial charge on any atom is 0.342 e. The highest BCUT2D eigenvalue weighted by Crippen LogP contribution is 1.86. The van der Waals surface area contributed by atoms with Gasteiger partial charge in [-0.1, -0.05) is 6.58 Å². The van der Waals surface area contributed by atoms with Crippen LogP contribution in [0, 0.1) is 0 Å². The molecular formula is C8H8O8. The standard InChI is InChI=1S/2C4H4O4/c1-2(3(5)6)4(7)8;5-3(6)1-2-4(7)8/h1H2,(H,5,6)(H,7,8);1-2H,(H,5,6)(H,7,8)/b;2-1-. The molecule has 0 bridgehead atoms. The van der Waals surface area contributed by atoms with Crippen molar-refractivity contribution in [3.05, 3.63) is 24.3 Å². The maximum absolute atomic E-state index is 9.66. The van der Waals surface area contributed by atoms with Gasteiger partial charge < -0.3 is 20.4 Å². The van der Waals surface area contributed by atoms with Crippen LogP contribution >= 0.6 is 0 Å². The van der Waals surface area contributed by atoms with Crippen molar-refractivity contribution in [3.63, 3.8) is 0 Å². The van der Waals surface area contributed by atoms with E-state index in [2.05, 4.69) is 6.58 Å². The first kappa shape index (κ1) is 15.8. The van der Waals surface area contributed by atoms with Gasteiger partial charge in [-0.25, -0.2) is 19.2 Å². The molecule has 0 amide bonds. The van der Waals surface area contributed by atoms with Gasteiger partial charge in [-0.05, 0) is 0 Å². The Kier molecular flexibility index (Phi) is 7.65. The largest absolute Gasteiger partial charge is 0.478 e. The lowest BCUT2D eigenvalue weighted by atomic mass is 10.3. The Morgan fingerprint density at radius 2 is 1.00 bits per heavy atom. The molecule has 0 saturated heterocycles. The topological polar surface area (TPSA) is 149 Å². The minimum absolute atomic E-state index is 0.558. The molecular weight excluding hydrogens is 224 g/mol. The van der Waals surface area contributed by atoms with Crippen molar-refractivity contribution in [1.82, 2.24) is 0 Å². The van der Waals surface area contributed by atoms with Gasteiger partial charge in [-0.2, -0.15) is 0 Å². The highest BCUT2D eigenvalue weighted by Gasteiger charge is 2.10. The Labute approximate surface area is 88.7 Å². The molecule has 0 aromatic heterocycles. The molecule has 4 N–H and O–H groups in total. The minimum Gasteiger partial charge on any atom is -0.478 e. The van der Waals surface area contributed by atoms with Gasteiger partial charge in [0.15, 0.2) is 0 Å². The van der Waals surface area contributed by atoms with Crippen LogP contribution in [-0.2, 0) is 19.2 Å². The molecule has 0 saturated carbocycles. The van der Waals surface area contributed by atoms with Crippen molar-refractivity contribution >= 4 is 23.9 Å². The number of rotatable bonds is 4. The van der Waals surface area contributed by atoms with Crippen molar-refractivity contribution in [2.45, 2.75) is 0 Å². The van der Waals surface area contributed by atoms with Crippen LogP contribution in [0.5, 0.6) is 0 Å². The molecule has 8 heteroatoms. The summed E-state index contributed by atoms with van der Waals surface area (Å²) in [7, 11) is 0. The molecule has 0 aliphatic heterocycles. The van der Waals surface area contributed by atoms with E-state index in [1.807, 2.05) is 0 Å². The predicted molar refractivity (Wildman–Crippen MR) is 48.8 cm³/mol. The second kappa shape index (κ2) is 7.74. The van der Waals surface area contributed by atoms with Crippen LogP contribution < -0.4 is 0 Å². The zero-order chi connectivity index (χ0) is 13.3. The lowest BCUT2D eigenvalue weighted by molar-refractivity contribution is -0.140. The maximum atomic E-state index is 9.66. The molecule has 0 aliphatic carbocycles. The van der Waals surface area contributed by atoms with E-state index in [1.165, 1.54) is 0 Å². The van der Waals surface area contributed by atoms with E-state index < -0.39 is 29.5 Å². The van der Waals surface area contributed by atoms with Crippen LogP contribution in [0.2, 0.25) is 0 Å². The molecule has 0 spiro atoms. The van der Waals surface area contributed by atoms with E-state index in [9.17, 15) is 19.2 Å². The number of aliphatic carboxylic acids is 4. The Morgan fingerprint density at radius 1 is 0.750 bits per heavy atom. The molecule has 0 aromatic carbocycles. The molecule has 0 aromatic rings. The number of carboxylic acid groups (broad SMARTS) is 4. The third-order valence-electron chi connectivity index (χ3n) is 0.885. The number of carbonyl (C=O) groups is 4. The van der Waals surface area contributed by atoms with Crippen molar-refractivity contribution in [2.24, 2.45) is 0 Å². The van der Waals surface area contributed by atoms with E-state index in [0.717, 1.165) is 0 Å². The minimum atomic E-state index is -1.50. The van der Waals surface area contributed by atoms with Crippen molar-refractivity contribution in [3.8, 4) is 0 Å². The first-order chi connectivity index (χ1) is 7.18. The first-order valence-electron chi connectivity index (χ1n) is 3.48. The number of carboxylic acids is 4. The van der Waals surface area contributed by atoms with E-state index in [0.29, 0.717) is 12.2 Å². The molecule has 0 radical (unpaired) electrons. The summed E-state index contributed by atoms with van der Waals surface area (Å²) in [5.41, 5.74) is -0.815. The first-order valence-corrected chi connectivity index (χ1v) is 3.48. The molecule has 0 aliphatic rings. The Morgan fingerprint density at radius 3 is 1.06 bits per heavy atom. The Bertz CT molecular complexity index is 319. The second-order valence-electron chi connectivity index (χ2n) is 2.10. The van der Waals surface area contributed by atoms with E-state index in [-0.39, 0.29) is 0 Å². The van der Waals surface area contributed by atoms with Gasteiger partial charge in [0.25, 0.3) is 0 Å². The molecule has 88 valence electrons. The summed E-state index contributed by atoms with van der Waals surface area (Å²) in [6, 6.07) is 0. The van der Waals surface area contributed by atoms with Crippen molar-refractivity contribution < 1.29 is 39.6 Å². The summed E-state index contributed by atoms with van der Waals surface area (Å²) in [6.07, 6.45) is 1.12. The third kappa shape index (κ3) is 11.4. The smallest absolute Gasteiger partial charge is 0.342 e. The SMILES string of the molecule is C=C(C(=O)O)C(=O)O.O=C(O)/C=C\C(=O)O. The van der Waals surface area contributed by atoms with Gasteiger partial charge in [-0.15, -0.1) is 0 Å². The Hall–Kier alpha value is -2.64. The molecule has 0 rings (SSSR count). The average molecular weight is 232 g/mol. The number of hydrogen-bond donors (Lipinski definition) is 4. The summed E-state index contributed by atoms with van der Waals surface area (Å²) >= 11 is 0. The molecule has 0 unspecified atom stereocenters. The van der Waals surface area contributed by atoms with Crippen molar-refractivity contribution in [2.75, 3.05) is 0 Å². The molecule has 8 nitrogen and oxygen atoms in total. The normalized spacial score (nSPS) is 8.75. The van der Waals surface area contributed by atoms with Crippen LogP contribution in [0.15, 0.2) is 24.3 Å². The predicted octanol–water partition coefficient (Wildman–Crippen LogP) is -0.576. The van der Waals surface area contributed by atoms with Crippen LogP contribution in [0.25, 0.3) is 0 Å². The lowest BCUT2D eigenvalue weighted by Gasteiger charge is -1.86. The summed E-state index contributed by atoms with van der Waals surface area (Å²) in [5.74, 6) is -5.52. The monoisotopic (exact) mass is 232 g/mol. The highest BCUT2D eigenvalue weighted by atomic mass is 16.4. The summed E-state index contributed by atoms with van der Waals surface area (Å²) < 4.78 is 0. The summed E-state index contributed by atoms with van der Waals surface area (Å²) in [6.45, 7) is 2.75. The van der Waals surface area contributed by atoms with Crippen LogP contribution in [-0.4, -0.2) is 44.3 Å². The Balaban J connectivity index is 0. The van der Waals surface area contributed by atoms with Gasteiger partial charge in [0.05, 0.1) is 0 Å².